The first kappa shape index (κ1) is 21.7. The maximum absolute atomic E-state index is 13.2. The second-order valence-electron chi connectivity index (χ2n) is 8.02. The van der Waals surface area contributed by atoms with Gasteiger partial charge in [-0.05, 0) is 56.2 Å². The molecule has 10 heteroatoms. The van der Waals surface area contributed by atoms with Crippen LogP contribution in [0.25, 0.3) is 28.2 Å². The molecule has 1 N–H and O–H groups in total. The molecule has 174 valence electrons. The second-order valence-corrected chi connectivity index (χ2v) is 8.02. The van der Waals surface area contributed by atoms with Gasteiger partial charge in [-0.3, -0.25) is 9.20 Å². The molecule has 1 fully saturated rings. The molecule has 0 spiro atoms. The molecule has 5 rings (SSSR count). The molecule has 1 aliphatic carbocycles. The Bertz CT molecular complexity index is 1370. The number of aromatic nitrogens is 4. The molecule has 0 atom stereocenters. The Labute approximate surface area is 193 Å². The van der Waals surface area contributed by atoms with Gasteiger partial charge in [0.1, 0.15) is 22.7 Å². The number of imidazole rings is 1. The van der Waals surface area contributed by atoms with Crippen LogP contribution < -0.4 is 14.8 Å². The number of amides is 1. The number of fused-ring (bicyclic) bond motifs is 1. The summed E-state index contributed by atoms with van der Waals surface area (Å²) in [5, 5.41) is 11.1. The minimum absolute atomic E-state index is 0.0440. The van der Waals surface area contributed by atoms with Crippen LogP contribution in [0.1, 0.15) is 28.9 Å². The number of ether oxygens (including phenoxy) is 2. The molecule has 8 nitrogen and oxygen atoms in total. The number of halogens is 2. The van der Waals surface area contributed by atoms with Crippen molar-refractivity contribution in [1.29, 1.82) is 0 Å². The zero-order chi connectivity index (χ0) is 23.8. The number of rotatable bonds is 7. The third kappa shape index (κ3) is 4.26. The standard InChI is InChI=1S/C24H21F2N5O3/c1-13-3-6-17(30-29-13)14-7-8-31-18(12-27-21(31)11-14)15-9-19(33-2)22(20(10-15)34-24(25)26)23(32)28-16-4-5-16/h3,6-12,16,24H,4-5H2,1-2H3,(H,28,32). The van der Waals surface area contributed by atoms with Gasteiger partial charge in [-0.1, -0.05) is 0 Å². The van der Waals surface area contributed by atoms with Crippen LogP contribution in [-0.4, -0.2) is 45.3 Å². The highest BCUT2D eigenvalue weighted by Crippen LogP contribution is 2.37. The van der Waals surface area contributed by atoms with Gasteiger partial charge < -0.3 is 14.8 Å². The number of nitrogens with one attached hydrogen (secondary N) is 1. The second kappa shape index (κ2) is 8.69. The summed E-state index contributed by atoms with van der Waals surface area (Å²) >= 11 is 0. The van der Waals surface area contributed by atoms with Crippen molar-refractivity contribution < 1.29 is 23.0 Å². The molecule has 0 radical (unpaired) electrons. The van der Waals surface area contributed by atoms with Crippen molar-refractivity contribution in [2.45, 2.75) is 32.4 Å². The summed E-state index contributed by atoms with van der Waals surface area (Å²) in [5.41, 5.74) is 4.04. The number of nitrogens with zero attached hydrogens (tertiary/aromatic N) is 4. The van der Waals surface area contributed by atoms with Crippen LogP contribution in [0.5, 0.6) is 11.5 Å². The first-order valence-electron chi connectivity index (χ1n) is 10.7. The summed E-state index contributed by atoms with van der Waals surface area (Å²) in [4.78, 5) is 17.2. The van der Waals surface area contributed by atoms with Crippen LogP contribution in [0, 0.1) is 6.92 Å². The lowest BCUT2D eigenvalue weighted by atomic mass is 10.1. The van der Waals surface area contributed by atoms with Crippen molar-refractivity contribution in [3.05, 3.63) is 60.0 Å². The van der Waals surface area contributed by atoms with E-state index in [0.717, 1.165) is 24.1 Å². The van der Waals surface area contributed by atoms with Gasteiger partial charge >= 0.3 is 6.61 Å². The fourth-order valence-corrected chi connectivity index (χ4v) is 3.70. The van der Waals surface area contributed by atoms with Gasteiger partial charge in [0.05, 0.1) is 30.4 Å². The zero-order valence-electron chi connectivity index (χ0n) is 18.5. The smallest absolute Gasteiger partial charge is 0.387 e. The summed E-state index contributed by atoms with van der Waals surface area (Å²) in [6.07, 6.45) is 5.14. The van der Waals surface area contributed by atoms with E-state index >= 15 is 0 Å². The molecule has 4 aromatic rings. The van der Waals surface area contributed by atoms with E-state index < -0.39 is 12.5 Å². The van der Waals surface area contributed by atoms with Gasteiger partial charge in [0.15, 0.2) is 0 Å². The van der Waals surface area contributed by atoms with Crippen LogP contribution in [0.2, 0.25) is 0 Å². The summed E-state index contributed by atoms with van der Waals surface area (Å²) in [6, 6.07) is 10.5. The summed E-state index contributed by atoms with van der Waals surface area (Å²) < 4.78 is 38.3. The Kier molecular flexibility index (Phi) is 5.56. The number of aryl methyl sites for hydroxylation is 1. The lowest BCUT2D eigenvalue weighted by Gasteiger charge is -2.16. The van der Waals surface area contributed by atoms with E-state index in [0.29, 0.717) is 22.6 Å². The highest BCUT2D eigenvalue weighted by Gasteiger charge is 2.29. The fraction of sp³-hybridized carbons (Fsp3) is 0.250. The largest absolute Gasteiger partial charge is 0.496 e. The molecule has 0 aliphatic heterocycles. The molecule has 1 saturated carbocycles. The van der Waals surface area contributed by atoms with Gasteiger partial charge in [0, 0.05) is 23.4 Å². The number of carbonyl (C=O) groups is 1. The van der Waals surface area contributed by atoms with E-state index in [2.05, 4.69) is 20.5 Å². The highest BCUT2D eigenvalue weighted by atomic mass is 19.3. The van der Waals surface area contributed by atoms with Crippen molar-refractivity contribution >= 4 is 11.6 Å². The first-order chi connectivity index (χ1) is 16.4. The number of hydrogen-bond donors (Lipinski definition) is 1. The lowest BCUT2D eigenvalue weighted by molar-refractivity contribution is -0.0502. The molecular weight excluding hydrogens is 444 g/mol. The Hall–Kier alpha value is -4.08. The number of hydrogen-bond acceptors (Lipinski definition) is 6. The number of carbonyl (C=O) groups excluding carboxylic acids is 1. The minimum atomic E-state index is -3.10. The summed E-state index contributed by atoms with van der Waals surface area (Å²) in [7, 11) is 1.38. The molecule has 0 unspecified atom stereocenters. The van der Waals surface area contributed by atoms with Crippen molar-refractivity contribution in [2.75, 3.05) is 7.11 Å². The van der Waals surface area contributed by atoms with Crippen molar-refractivity contribution in [3.63, 3.8) is 0 Å². The van der Waals surface area contributed by atoms with E-state index in [9.17, 15) is 13.6 Å². The van der Waals surface area contributed by atoms with Gasteiger partial charge in [0.2, 0.25) is 0 Å². The third-order valence-corrected chi connectivity index (χ3v) is 5.54. The van der Waals surface area contributed by atoms with Crippen LogP contribution >= 0.6 is 0 Å². The van der Waals surface area contributed by atoms with Gasteiger partial charge in [-0.15, -0.1) is 0 Å². The lowest BCUT2D eigenvalue weighted by Crippen LogP contribution is -2.26. The van der Waals surface area contributed by atoms with E-state index in [1.807, 2.05) is 37.4 Å². The van der Waals surface area contributed by atoms with Crippen LogP contribution in [0.15, 0.2) is 48.8 Å². The molecular formula is C24H21F2N5O3. The Morgan fingerprint density at radius 1 is 1.12 bits per heavy atom. The molecule has 3 heterocycles. The van der Waals surface area contributed by atoms with Crippen LogP contribution in [0.4, 0.5) is 8.78 Å². The summed E-state index contributed by atoms with van der Waals surface area (Å²) in [5.74, 6) is -0.639. The molecule has 1 amide bonds. The maximum Gasteiger partial charge on any atom is 0.387 e. The average molecular weight is 465 g/mol. The fourth-order valence-electron chi connectivity index (χ4n) is 3.70. The van der Waals surface area contributed by atoms with Crippen LogP contribution in [-0.2, 0) is 0 Å². The zero-order valence-corrected chi connectivity index (χ0v) is 18.5. The molecule has 0 saturated heterocycles. The Morgan fingerprint density at radius 2 is 1.91 bits per heavy atom. The average Bonchev–Trinajstić information content (AvgIpc) is 3.53. The molecule has 34 heavy (non-hydrogen) atoms. The Morgan fingerprint density at radius 3 is 2.59 bits per heavy atom. The number of pyridine rings is 1. The van der Waals surface area contributed by atoms with Gasteiger partial charge in [0.25, 0.3) is 5.91 Å². The summed E-state index contributed by atoms with van der Waals surface area (Å²) in [6.45, 7) is -1.24. The number of methoxy groups -OCH3 is 1. The van der Waals surface area contributed by atoms with Crippen molar-refractivity contribution in [3.8, 4) is 34.0 Å². The third-order valence-electron chi connectivity index (χ3n) is 5.54. The van der Waals surface area contributed by atoms with Crippen molar-refractivity contribution in [2.24, 2.45) is 0 Å². The van der Waals surface area contributed by atoms with Gasteiger partial charge in [-0.2, -0.15) is 19.0 Å². The van der Waals surface area contributed by atoms with E-state index in [1.165, 1.54) is 13.2 Å². The predicted octanol–water partition coefficient (Wildman–Crippen LogP) is 4.27. The van der Waals surface area contributed by atoms with Crippen molar-refractivity contribution in [1.82, 2.24) is 24.9 Å². The first-order valence-corrected chi connectivity index (χ1v) is 10.7. The minimum Gasteiger partial charge on any atom is -0.496 e. The normalized spacial score (nSPS) is 13.3. The molecule has 0 bridgehead atoms. The maximum atomic E-state index is 13.2. The number of benzene rings is 1. The predicted molar refractivity (Wildman–Crippen MR) is 120 cm³/mol. The molecule has 1 aliphatic rings. The van der Waals surface area contributed by atoms with E-state index in [1.54, 1.807) is 16.7 Å². The monoisotopic (exact) mass is 465 g/mol. The number of alkyl halides is 2. The highest BCUT2D eigenvalue weighted by molar-refractivity contribution is 6.01. The Balaban J connectivity index is 1.57. The molecule has 1 aromatic carbocycles. The van der Waals surface area contributed by atoms with E-state index in [4.69, 9.17) is 9.47 Å². The van der Waals surface area contributed by atoms with Gasteiger partial charge in [-0.25, -0.2) is 4.98 Å². The quantitative estimate of drug-likeness (QED) is 0.438. The SMILES string of the molecule is COc1cc(-c2cnc3cc(-c4ccc(C)nn4)ccn23)cc(OC(F)F)c1C(=O)NC1CC1. The molecule has 3 aromatic heterocycles. The topological polar surface area (TPSA) is 90.6 Å². The van der Waals surface area contributed by atoms with E-state index in [-0.39, 0.29) is 23.1 Å². The van der Waals surface area contributed by atoms with Crippen LogP contribution in [0.3, 0.4) is 0 Å².